The summed E-state index contributed by atoms with van der Waals surface area (Å²) in [6.45, 7) is 1.55. The summed E-state index contributed by atoms with van der Waals surface area (Å²) >= 11 is 0. The Morgan fingerprint density at radius 2 is 2.00 bits per heavy atom. The van der Waals surface area contributed by atoms with Gasteiger partial charge in [-0.2, -0.15) is 0 Å². The average molecular weight is 311 g/mol. The third-order valence-electron chi connectivity index (χ3n) is 4.00. The van der Waals surface area contributed by atoms with Crippen LogP contribution in [0.2, 0.25) is 0 Å². The van der Waals surface area contributed by atoms with Gasteiger partial charge in [-0.25, -0.2) is 8.42 Å². The third-order valence-corrected chi connectivity index (χ3v) is 5.64. The summed E-state index contributed by atoms with van der Waals surface area (Å²) in [4.78, 5) is 0. The first-order valence-corrected chi connectivity index (χ1v) is 9.61. The van der Waals surface area contributed by atoms with Crippen molar-refractivity contribution in [2.24, 2.45) is 0 Å². The first-order valence-electron chi connectivity index (χ1n) is 7.66. The standard InChI is InChI=1S/C16H25NO3S/c1-21(18,19)16-10-5-7-14(13-16)17-11-6-12-20-15-8-3-2-4-9-15/h2-4,8-9,14,16-17H,5-7,10-13H2,1H3. The molecule has 0 bridgehead atoms. The van der Waals surface area contributed by atoms with Crippen LogP contribution >= 0.6 is 0 Å². The smallest absolute Gasteiger partial charge is 0.150 e. The molecule has 0 aromatic heterocycles. The van der Waals surface area contributed by atoms with E-state index in [0.29, 0.717) is 12.6 Å². The molecule has 4 nitrogen and oxygen atoms in total. The predicted octanol–water partition coefficient (Wildman–Crippen LogP) is 2.40. The molecule has 1 aliphatic carbocycles. The second kappa shape index (κ2) is 7.80. The Kier molecular flexibility index (Phi) is 6.06. The van der Waals surface area contributed by atoms with E-state index < -0.39 is 9.84 Å². The highest BCUT2D eigenvalue weighted by atomic mass is 32.2. The highest BCUT2D eigenvalue weighted by Gasteiger charge is 2.28. The van der Waals surface area contributed by atoms with Crippen molar-refractivity contribution < 1.29 is 13.2 Å². The molecule has 1 N–H and O–H groups in total. The Labute approximate surface area is 127 Å². The van der Waals surface area contributed by atoms with Crippen molar-refractivity contribution in [3.05, 3.63) is 30.3 Å². The van der Waals surface area contributed by atoms with Crippen molar-refractivity contribution in [1.29, 1.82) is 0 Å². The lowest BCUT2D eigenvalue weighted by Gasteiger charge is -2.28. The fraction of sp³-hybridized carbons (Fsp3) is 0.625. The molecule has 1 aromatic rings. The molecule has 1 fully saturated rings. The Hall–Kier alpha value is -1.07. The zero-order valence-corrected chi connectivity index (χ0v) is 13.4. The SMILES string of the molecule is CS(=O)(=O)C1CCCC(NCCCOc2ccccc2)C1. The Bertz CT molecular complexity index is 516. The van der Waals surface area contributed by atoms with Gasteiger partial charge >= 0.3 is 0 Å². The highest BCUT2D eigenvalue weighted by molar-refractivity contribution is 7.91. The van der Waals surface area contributed by atoms with Crippen LogP contribution in [-0.2, 0) is 9.84 Å². The number of hydrogen-bond donors (Lipinski definition) is 1. The number of nitrogens with one attached hydrogen (secondary N) is 1. The van der Waals surface area contributed by atoms with Crippen molar-refractivity contribution in [3.8, 4) is 5.75 Å². The molecule has 2 unspecified atom stereocenters. The minimum Gasteiger partial charge on any atom is -0.494 e. The van der Waals surface area contributed by atoms with E-state index in [4.69, 9.17) is 4.74 Å². The number of rotatable bonds is 7. The molecule has 1 saturated carbocycles. The fourth-order valence-corrected chi connectivity index (χ4v) is 3.98. The Morgan fingerprint density at radius 3 is 2.71 bits per heavy atom. The maximum Gasteiger partial charge on any atom is 0.150 e. The first kappa shape index (κ1) is 16.3. The molecule has 5 heteroatoms. The molecule has 1 aliphatic rings. The molecule has 0 aliphatic heterocycles. The summed E-state index contributed by atoms with van der Waals surface area (Å²) < 4.78 is 28.9. The summed E-state index contributed by atoms with van der Waals surface area (Å²) in [5.41, 5.74) is 0. The minimum absolute atomic E-state index is 0.163. The summed E-state index contributed by atoms with van der Waals surface area (Å²) in [5.74, 6) is 0.896. The van der Waals surface area contributed by atoms with Gasteiger partial charge in [-0.3, -0.25) is 0 Å². The van der Waals surface area contributed by atoms with Gasteiger partial charge in [0.15, 0.2) is 0 Å². The van der Waals surface area contributed by atoms with E-state index in [0.717, 1.165) is 44.4 Å². The van der Waals surface area contributed by atoms with Crippen LogP contribution in [0.4, 0.5) is 0 Å². The van der Waals surface area contributed by atoms with Crippen molar-refractivity contribution in [2.75, 3.05) is 19.4 Å². The molecule has 0 radical (unpaired) electrons. The molecule has 0 amide bonds. The molecule has 2 atom stereocenters. The Balaban J connectivity index is 1.62. The third kappa shape index (κ3) is 5.67. The van der Waals surface area contributed by atoms with E-state index in [1.165, 1.54) is 6.26 Å². The normalized spacial score (nSPS) is 22.9. The quantitative estimate of drug-likeness (QED) is 0.786. The number of ether oxygens (including phenoxy) is 1. The molecule has 118 valence electrons. The summed E-state index contributed by atoms with van der Waals surface area (Å²) in [6, 6.07) is 10.1. The predicted molar refractivity (Wildman–Crippen MR) is 85.4 cm³/mol. The van der Waals surface area contributed by atoms with E-state index in [9.17, 15) is 8.42 Å². The van der Waals surface area contributed by atoms with Crippen LogP contribution in [0.15, 0.2) is 30.3 Å². The van der Waals surface area contributed by atoms with Gasteiger partial charge in [0.25, 0.3) is 0 Å². The van der Waals surface area contributed by atoms with Crippen LogP contribution in [0, 0.1) is 0 Å². The van der Waals surface area contributed by atoms with Gasteiger partial charge in [0.2, 0.25) is 0 Å². The lowest BCUT2D eigenvalue weighted by Crippen LogP contribution is -2.39. The molecule has 0 heterocycles. The maximum atomic E-state index is 11.6. The van der Waals surface area contributed by atoms with Gasteiger partial charge in [-0.1, -0.05) is 24.6 Å². The molecule has 0 saturated heterocycles. The monoisotopic (exact) mass is 311 g/mol. The van der Waals surface area contributed by atoms with Crippen molar-refractivity contribution in [3.63, 3.8) is 0 Å². The van der Waals surface area contributed by atoms with E-state index in [-0.39, 0.29) is 5.25 Å². The fourth-order valence-electron chi connectivity index (χ4n) is 2.80. The number of benzene rings is 1. The highest BCUT2D eigenvalue weighted by Crippen LogP contribution is 2.23. The molecule has 0 spiro atoms. The van der Waals surface area contributed by atoms with Gasteiger partial charge < -0.3 is 10.1 Å². The molecule has 2 rings (SSSR count). The van der Waals surface area contributed by atoms with Crippen LogP contribution in [0.1, 0.15) is 32.1 Å². The Morgan fingerprint density at radius 1 is 1.24 bits per heavy atom. The van der Waals surface area contributed by atoms with Crippen LogP contribution in [0.3, 0.4) is 0 Å². The van der Waals surface area contributed by atoms with Gasteiger partial charge in [0.05, 0.1) is 11.9 Å². The average Bonchev–Trinajstić information content (AvgIpc) is 2.47. The van der Waals surface area contributed by atoms with E-state index in [1.807, 2.05) is 30.3 Å². The molecular weight excluding hydrogens is 286 g/mol. The van der Waals surface area contributed by atoms with Gasteiger partial charge in [-0.15, -0.1) is 0 Å². The second-order valence-electron chi connectivity index (χ2n) is 5.78. The lowest BCUT2D eigenvalue weighted by molar-refractivity contribution is 0.297. The number of hydrogen-bond acceptors (Lipinski definition) is 4. The van der Waals surface area contributed by atoms with Crippen LogP contribution < -0.4 is 10.1 Å². The van der Waals surface area contributed by atoms with Crippen LogP contribution in [0.25, 0.3) is 0 Å². The van der Waals surface area contributed by atoms with Gasteiger partial charge in [-0.05, 0) is 44.4 Å². The van der Waals surface area contributed by atoms with E-state index >= 15 is 0 Å². The second-order valence-corrected chi connectivity index (χ2v) is 8.11. The zero-order valence-electron chi connectivity index (χ0n) is 12.6. The zero-order chi connectivity index (χ0) is 15.1. The number of sulfone groups is 1. The summed E-state index contributed by atoms with van der Waals surface area (Å²) in [7, 11) is -2.89. The first-order chi connectivity index (χ1) is 10.1. The van der Waals surface area contributed by atoms with E-state index in [1.54, 1.807) is 0 Å². The summed E-state index contributed by atoms with van der Waals surface area (Å²) in [5, 5.41) is 3.30. The van der Waals surface area contributed by atoms with Gasteiger partial charge in [0, 0.05) is 12.3 Å². The minimum atomic E-state index is -2.89. The topological polar surface area (TPSA) is 55.4 Å². The van der Waals surface area contributed by atoms with Crippen LogP contribution in [-0.4, -0.2) is 39.1 Å². The number of para-hydroxylation sites is 1. The molecule has 1 aromatic carbocycles. The summed E-state index contributed by atoms with van der Waals surface area (Å²) in [6.07, 6.45) is 5.91. The largest absolute Gasteiger partial charge is 0.494 e. The van der Waals surface area contributed by atoms with E-state index in [2.05, 4.69) is 5.32 Å². The van der Waals surface area contributed by atoms with Crippen molar-refractivity contribution in [1.82, 2.24) is 5.32 Å². The molecule has 21 heavy (non-hydrogen) atoms. The van der Waals surface area contributed by atoms with Crippen molar-refractivity contribution >= 4 is 9.84 Å². The lowest BCUT2D eigenvalue weighted by atomic mass is 9.95. The maximum absolute atomic E-state index is 11.6. The van der Waals surface area contributed by atoms with Gasteiger partial charge in [0.1, 0.15) is 15.6 Å². The van der Waals surface area contributed by atoms with Crippen LogP contribution in [0.5, 0.6) is 5.75 Å². The molecular formula is C16H25NO3S. The van der Waals surface area contributed by atoms with Crippen molar-refractivity contribution in [2.45, 2.75) is 43.4 Å².